The fraction of sp³-hybridized carbons (Fsp3) is 0.458. The molecule has 33 heavy (non-hydrogen) atoms. The topological polar surface area (TPSA) is 84.0 Å². The van der Waals surface area contributed by atoms with Gasteiger partial charge in [-0.2, -0.15) is 0 Å². The van der Waals surface area contributed by atoms with E-state index in [0.717, 1.165) is 26.2 Å². The summed E-state index contributed by atoms with van der Waals surface area (Å²) in [5.41, 5.74) is 1.20. The lowest BCUT2D eigenvalue weighted by Crippen LogP contribution is -2.51. The van der Waals surface area contributed by atoms with Crippen LogP contribution in [0.25, 0.3) is 0 Å². The number of piperazine rings is 1. The molecule has 1 aromatic carbocycles. The minimum Gasteiger partial charge on any atom is -0.454 e. The van der Waals surface area contributed by atoms with E-state index < -0.39 is 0 Å². The molecule has 5 rings (SSSR count). The number of thioether (sulfide) groups is 1. The number of hydrogen-bond donors (Lipinski definition) is 1. The Morgan fingerprint density at radius 2 is 1.85 bits per heavy atom. The van der Waals surface area contributed by atoms with E-state index in [2.05, 4.69) is 15.2 Å². The molecule has 3 heterocycles. The van der Waals surface area contributed by atoms with Crippen LogP contribution in [0, 0.1) is 0 Å². The molecule has 0 atom stereocenters. The van der Waals surface area contributed by atoms with Crippen molar-refractivity contribution in [2.75, 3.05) is 44.0 Å². The van der Waals surface area contributed by atoms with Crippen LogP contribution >= 0.6 is 11.8 Å². The largest absolute Gasteiger partial charge is 0.454 e. The molecular weight excluding hydrogens is 440 g/mol. The van der Waals surface area contributed by atoms with Gasteiger partial charge in [0.1, 0.15) is 5.03 Å². The molecule has 1 saturated carbocycles. The number of fused-ring (bicyclic) bond motifs is 1. The third kappa shape index (κ3) is 5.09. The highest BCUT2D eigenvalue weighted by atomic mass is 32.2. The quantitative estimate of drug-likeness (QED) is 0.652. The monoisotopic (exact) mass is 468 g/mol. The number of ether oxygens (including phenoxy) is 2. The van der Waals surface area contributed by atoms with Crippen molar-refractivity contribution in [1.29, 1.82) is 0 Å². The van der Waals surface area contributed by atoms with Gasteiger partial charge < -0.3 is 19.7 Å². The standard InChI is InChI=1S/C24H28N4O4S/c29-22(26-17-7-8-20-21(14-17)32-16-31-20)15-33-23-19(6-3-9-25-23)24(30)28-12-10-27(11-13-28)18-4-1-2-5-18/h3,6-9,14,18H,1-2,4-5,10-13,15-16H2,(H,26,29). The number of benzene rings is 1. The van der Waals surface area contributed by atoms with Gasteiger partial charge in [-0.05, 0) is 37.1 Å². The average molecular weight is 469 g/mol. The second-order valence-electron chi connectivity index (χ2n) is 8.53. The first kappa shape index (κ1) is 22.0. The predicted octanol–water partition coefficient (Wildman–Crippen LogP) is 3.24. The number of anilines is 1. The first-order chi connectivity index (χ1) is 16.2. The number of aromatic nitrogens is 1. The number of carbonyl (C=O) groups excluding carboxylic acids is 2. The van der Waals surface area contributed by atoms with Gasteiger partial charge in [-0.25, -0.2) is 4.98 Å². The lowest BCUT2D eigenvalue weighted by Gasteiger charge is -2.38. The molecule has 0 radical (unpaired) electrons. The summed E-state index contributed by atoms with van der Waals surface area (Å²) in [6.45, 7) is 3.51. The van der Waals surface area contributed by atoms with Gasteiger partial charge in [0.2, 0.25) is 12.7 Å². The van der Waals surface area contributed by atoms with E-state index in [1.165, 1.54) is 37.4 Å². The van der Waals surface area contributed by atoms with Gasteiger partial charge >= 0.3 is 0 Å². The molecule has 1 aliphatic carbocycles. The first-order valence-corrected chi connectivity index (χ1v) is 12.5. The molecule has 2 aliphatic heterocycles. The summed E-state index contributed by atoms with van der Waals surface area (Å²) in [5, 5.41) is 3.45. The first-order valence-electron chi connectivity index (χ1n) is 11.5. The molecule has 1 aromatic heterocycles. The Hall–Kier alpha value is -2.78. The second-order valence-corrected chi connectivity index (χ2v) is 9.49. The van der Waals surface area contributed by atoms with Gasteiger partial charge in [0.15, 0.2) is 11.5 Å². The van der Waals surface area contributed by atoms with Crippen LogP contribution < -0.4 is 14.8 Å². The maximum Gasteiger partial charge on any atom is 0.256 e. The van der Waals surface area contributed by atoms with Crippen LogP contribution in [0.1, 0.15) is 36.0 Å². The van der Waals surface area contributed by atoms with Gasteiger partial charge in [-0.15, -0.1) is 0 Å². The van der Waals surface area contributed by atoms with Crippen molar-refractivity contribution in [3.63, 3.8) is 0 Å². The highest BCUT2D eigenvalue weighted by Crippen LogP contribution is 2.34. The maximum atomic E-state index is 13.2. The molecule has 1 saturated heterocycles. The summed E-state index contributed by atoms with van der Waals surface area (Å²) in [6, 6.07) is 9.56. The molecule has 2 aromatic rings. The number of carbonyl (C=O) groups is 2. The Balaban J connectivity index is 1.16. The summed E-state index contributed by atoms with van der Waals surface area (Å²) in [7, 11) is 0. The molecule has 1 N–H and O–H groups in total. The molecule has 3 aliphatic rings. The average Bonchev–Trinajstić information content (AvgIpc) is 3.55. The zero-order valence-corrected chi connectivity index (χ0v) is 19.3. The lowest BCUT2D eigenvalue weighted by molar-refractivity contribution is -0.113. The molecule has 2 amide bonds. The summed E-state index contributed by atoms with van der Waals surface area (Å²) in [4.78, 5) is 34.6. The zero-order valence-electron chi connectivity index (χ0n) is 18.5. The van der Waals surface area contributed by atoms with Crippen molar-refractivity contribution in [3.05, 3.63) is 42.1 Å². The molecule has 8 nitrogen and oxygen atoms in total. The Kier molecular flexibility index (Phi) is 6.68. The molecule has 9 heteroatoms. The fourth-order valence-corrected chi connectivity index (χ4v) is 5.49. The van der Waals surface area contributed by atoms with E-state index in [0.29, 0.717) is 33.8 Å². The van der Waals surface area contributed by atoms with Crippen molar-refractivity contribution in [1.82, 2.24) is 14.8 Å². The van der Waals surface area contributed by atoms with E-state index in [1.807, 2.05) is 4.90 Å². The van der Waals surface area contributed by atoms with Gasteiger partial charge in [0, 0.05) is 50.2 Å². The van der Waals surface area contributed by atoms with Gasteiger partial charge in [-0.3, -0.25) is 14.5 Å². The molecular formula is C24H28N4O4S. The van der Waals surface area contributed by atoms with Crippen LogP contribution in [-0.4, -0.2) is 71.4 Å². The Labute approximate surface area is 197 Å². The Morgan fingerprint density at radius 1 is 1.06 bits per heavy atom. The SMILES string of the molecule is O=C(CSc1ncccc1C(=O)N1CCN(C2CCCC2)CC1)Nc1ccc2c(c1)OCO2. The van der Waals surface area contributed by atoms with E-state index >= 15 is 0 Å². The van der Waals surface area contributed by atoms with Crippen LogP contribution in [0.3, 0.4) is 0 Å². The summed E-state index contributed by atoms with van der Waals surface area (Å²) in [6.07, 6.45) is 6.87. The molecule has 0 bridgehead atoms. The maximum absolute atomic E-state index is 13.2. The molecule has 174 valence electrons. The molecule has 0 unspecified atom stereocenters. The minimum atomic E-state index is -0.173. The number of hydrogen-bond acceptors (Lipinski definition) is 7. The van der Waals surface area contributed by atoms with Gasteiger partial charge in [-0.1, -0.05) is 24.6 Å². The third-order valence-corrected chi connectivity index (χ3v) is 7.45. The third-order valence-electron chi connectivity index (χ3n) is 6.44. The number of nitrogens with zero attached hydrogens (tertiary/aromatic N) is 3. The normalized spacial score (nSPS) is 18.5. The van der Waals surface area contributed by atoms with Crippen LogP contribution in [0.4, 0.5) is 5.69 Å². The predicted molar refractivity (Wildman–Crippen MR) is 126 cm³/mol. The van der Waals surface area contributed by atoms with Crippen molar-refractivity contribution in [2.45, 2.75) is 36.8 Å². The van der Waals surface area contributed by atoms with Crippen LogP contribution in [0.15, 0.2) is 41.6 Å². The number of rotatable bonds is 6. The number of nitrogens with one attached hydrogen (secondary N) is 1. The number of pyridine rings is 1. The van der Waals surface area contributed by atoms with E-state index in [9.17, 15) is 9.59 Å². The lowest BCUT2D eigenvalue weighted by atomic mass is 10.1. The van der Waals surface area contributed by atoms with Crippen molar-refractivity contribution < 1.29 is 19.1 Å². The van der Waals surface area contributed by atoms with Crippen molar-refractivity contribution in [3.8, 4) is 11.5 Å². The molecule has 0 spiro atoms. The zero-order chi connectivity index (χ0) is 22.6. The highest BCUT2D eigenvalue weighted by Gasteiger charge is 2.29. The summed E-state index contributed by atoms with van der Waals surface area (Å²) >= 11 is 1.28. The Bertz CT molecular complexity index is 1020. The number of amides is 2. The Morgan fingerprint density at radius 3 is 2.67 bits per heavy atom. The smallest absolute Gasteiger partial charge is 0.256 e. The van der Waals surface area contributed by atoms with E-state index in [4.69, 9.17) is 9.47 Å². The van der Waals surface area contributed by atoms with Crippen LogP contribution in [0.2, 0.25) is 0 Å². The fourth-order valence-electron chi connectivity index (χ4n) is 4.70. The van der Waals surface area contributed by atoms with E-state index in [-0.39, 0.29) is 24.4 Å². The summed E-state index contributed by atoms with van der Waals surface area (Å²) in [5.74, 6) is 1.26. The van der Waals surface area contributed by atoms with Crippen molar-refractivity contribution in [2.24, 2.45) is 0 Å². The van der Waals surface area contributed by atoms with Crippen LogP contribution in [-0.2, 0) is 4.79 Å². The van der Waals surface area contributed by atoms with E-state index in [1.54, 1.807) is 36.5 Å². The molecule has 2 fully saturated rings. The summed E-state index contributed by atoms with van der Waals surface area (Å²) < 4.78 is 10.6. The minimum absolute atomic E-state index is 0.00662. The highest BCUT2D eigenvalue weighted by molar-refractivity contribution is 8.00. The van der Waals surface area contributed by atoms with Gasteiger partial charge in [0.25, 0.3) is 5.91 Å². The van der Waals surface area contributed by atoms with Crippen LogP contribution in [0.5, 0.6) is 11.5 Å². The second kappa shape index (κ2) is 10.0. The van der Waals surface area contributed by atoms with Gasteiger partial charge in [0.05, 0.1) is 11.3 Å². The van der Waals surface area contributed by atoms with Crippen molar-refractivity contribution >= 4 is 29.3 Å².